The van der Waals surface area contributed by atoms with E-state index in [0.29, 0.717) is 0 Å². The van der Waals surface area contributed by atoms with E-state index in [0.717, 1.165) is 0 Å². The van der Waals surface area contributed by atoms with Crippen molar-refractivity contribution in [3.05, 3.63) is 0 Å². The first-order valence-electron chi connectivity index (χ1n) is 1.52. The number of hydrogen-bond donors (Lipinski definition) is 0. The summed E-state index contributed by atoms with van der Waals surface area (Å²) < 4.78 is 0. The lowest BCUT2D eigenvalue weighted by Gasteiger charge is -1.87. The van der Waals surface area contributed by atoms with E-state index in [-0.39, 0.29) is 0 Å². The van der Waals surface area contributed by atoms with Crippen molar-refractivity contribution in [2.24, 2.45) is 5.16 Å². The van der Waals surface area contributed by atoms with Gasteiger partial charge in [-0.3, -0.25) is 0 Å². The highest BCUT2D eigenvalue weighted by atomic mass is 16.7. The third-order valence-electron chi connectivity index (χ3n) is 0.461. The van der Waals surface area contributed by atoms with E-state index in [4.69, 9.17) is 0 Å². The predicted molar refractivity (Wildman–Crippen MR) is 18.5 cm³/mol. The highest BCUT2D eigenvalue weighted by Gasteiger charge is 2.02. The maximum atomic E-state index is 9.89. The average molecular weight is 98.0 g/mol. The number of hydrogen-bond acceptors (Lipinski definition) is 4. The Hall–Kier alpha value is -1.19. The fourth-order valence-electron chi connectivity index (χ4n) is 0.193. The zero-order valence-electron chi connectivity index (χ0n) is 3.17. The van der Waals surface area contributed by atoms with Crippen LogP contribution in [-0.4, -0.2) is 18.0 Å². The second-order valence-corrected chi connectivity index (χ2v) is 0.911. The second-order valence-electron chi connectivity index (χ2n) is 0.911. The molecule has 0 atom stereocenters. The minimum atomic E-state index is -0.958. The number of Topliss-reactive ketones (excluding diaryl/α,β-unsaturated/α-hetero) is 1. The Morgan fingerprint density at radius 3 is 2.43 bits per heavy atom. The lowest BCUT2D eigenvalue weighted by molar-refractivity contribution is -0.148. The molecule has 0 saturated carbocycles. The molecule has 1 heterocycles. The summed E-state index contributed by atoms with van der Waals surface area (Å²) in [5, 5.41) is 2.80. The van der Waals surface area contributed by atoms with Gasteiger partial charge < -0.3 is 14.4 Å². The van der Waals surface area contributed by atoms with Gasteiger partial charge in [0.15, 0.2) is 0 Å². The first kappa shape index (κ1) is 3.98. The molecule has 1 aliphatic heterocycles. The van der Waals surface area contributed by atoms with E-state index in [1.807, 2.05) is 0 Å². The van der Waals surface area contributed by atoms with Crippen LogP contribution in [0.25, 0.3) is 0 Å². The number of ketones is 1. The maximum absolute atomic E-state index is 9.89. The lowest BCUT2D eigenvalue weighted by Crippen LogP contribution is -2.07. The summed E-state index contributed by atoms with van der Waals surface area (Å²) in [5.41, 5.74) is 0. The van der Waals surface area contributed by atoms with E-state index >= 15 is 0 Å². The summed E-state index contributed by atoms with van der Waals surface area (Å²) in [6.07, 6.45) is 1.78. The molecule has 0 unspecified atom stereocenters. The topological polar surface area (TPSA) is 55.7 Å². The highest BCUT2D eigenvalue weighted by Crippen LogP contribution is 1.86. The van der Waals surface area contributed by atoms with Gasteiger partial charge in [0.1, 0.15) is 5.78 Å². The Kier molecular flexibility index (Phi) is 0.651. The van der Waals surface area contributed by atoms with Gasteiger partial charge in [-0.15, -0.1) is 0 Å². The zero-order chi connectivity index (χ0) is 5.28. The van der Waals surface area contributed by atoms with Crippen molar-refractivity contribution in [2.45, 2.75) is 0 Å². The first-order chi connectivity index (χ1) is 3.30. The molecule has 0 aliphatic carbocycles. The molecule has 36 valence electrons. The van der Waals surface area contributed by atoms with Crippen LogP contribution in [0.1, 0.15) is 0 Å². The summed E-state index contributed by atoms with van der Waals surface area (Å²) in [4.78, 5) is 23.5. The zero-order valence-corrected chi connectivity index (χ0v) is 3.17. The van der Waals surface area contributed by atoms with Gasteiger partial charge in [0.05, 0.1) is 0 Å². The van der Waals surface area contributed by atoms with Crippen molar-refractivity contribution < 1.29 is 14.4 Å². The van der Waals surface area contributed by atoms with Gasteiger partial charge >= 0.3 is 0 Å². The number of carbonyl (C=O) groups is 2. The summed E-state index contributed by atoms with van der Waals surface area (Å²) in [7, 11) is 0. The smallest absolute Gasteiger partial charge is 0.242 e. The summed E-state index contributed by atoms with van der Waals surface area (Å²) in [5.74, 6) is -1.78. The molecular formula is C3NO3-. The van der Waals surface area contributed by atoms with Crippen LogP contribution in [0.4, 0.5) is 0 Å². The van der Waals surface area contributed by atoms with Crippen LogP contribution in [0.3, 0.4) is 0 Å². The SMILES string of the molecule is O=C1[C-]=NOC1=O. The van der Waals surface area contributed by atoms with E-state index < -0.39 is 11.8 Å². The molecule has 0 aromatic heterocycles. The van der Waals surface area contributed by atoms with Crippen molar-refractivity contribution in [1.82, 2.24) is 0 Å². The minimum Gasteiger partial charge on any atom is -0.421 e. The van der Waals surface area contributed by atoms with E-state index in [1.165, 1.54) is 0 Å². The lowest BCUT2D eigenvalue weighted by atomic mass is 10.5. The maximum Gasteiger partial charge on any atom is 0.242 e. The molecule has 0 radical (unpaired) electrons. The average Bonchev–Trinajstić information content (AvgIpc) is 1.91. The van der Waals surface area contributed by atoms with E-state index in [9.17, 15) is 9.59 Å². The van der Waals surface area contributed by atoms with Crippen LogP contribution < -0.4 is 0 Å². The Labute approximate surface area is 38.7 Å². The van der Waals surface area contributed by atoms with Gasteiger partial charge in [0.25, 0.3) is 0 Å². The van der Waals surface area contributed by atoms with Crippen LogP contribution in [0.15, 0.2) is 5.16 Å². The van der Waals surface area contributed by atoms with Crippen molar-refractivity contribution in [2.75, 3.05) is 0 Å². The van der Waals surface area contributed by atoms with Crippen LogP contribution in [0, 0.1) is 0 Å². The Bertz CT molecular complexity index is 148. The number of nitrogens with zero attached hydrogens (tertiary/aromatic N) is 1. The van der Waals surface area contributed by atoms with Crippen molar-refractivity contribution in [3.8, 4) is 0 Å². The Morgan fingerprint density at radius 1 is 1.57 bits per heavy atom. The second kappa shape index (κ2) is 1.14. The largest absolute Gasteiger partial charge is 0.421 e. The molecule has 0 amide bonds. The number of rotatable bonds is 0. The summed E-state index contributed by atoms with van der Waals surface area (Å²) in [6.45, 7) is 0. The standard InChI is InChI=1S/C3NO3/c5-2-1-4-7-3(2)6/q-1. The van der Waals surface area contributed by atoms with Crippen molar-refractivity contribution in [3.63, 3.8) is 0 Å². The van der Waals surface area contributed by atoms with Crippen molar-refractivity contribution in [1.29, 1.82) is 0 Å². The molecule has 1 aliphatic rings. The third kappa shape index (κ3) is 0.489. The van der Waals surface area contributed by atoms with Gasteiger partial charge in [-0.1, -0.05) is 0 Å². The van der Waals surface area contributed by atoms with Crippen LogP contribution in [0.5, 0.6) is 0 Å². The van der Waals surface area contributed by atoms with Gasteiger partial charge in [0.2, 0.25) is 5.97 Å². The molecule has 0 aromatic rings. The van der Waals surface area contributed by atoms with Gasteiger partial charge in [-0.2, -0.15) is 0 Å². The fraction of sp³-hybridized carbons (Fsp3) is 0. The normalized spacial score (nSPS) is 17.7. The first-order valence-corrected chi connectivity index (χ1v) is 1.52. The summed E-state index contributed by atoms with van der Waals surface area (Å²) in [6, 6.07) is 0. The molecule has 7 heavy (non-hydrogen) atoms. The molecule has 0 fully saturated rings. The Balaban J connectivity index is 2.81. The number of carbonyl (C=O) groups excluding carboxylic acids is 2. The monoisotopic (exact) mass is 98.0 g/mol. The van der Waals surface area contributed by atoms with Gasteiger partial charge in [0, 0.05) is 0 Å². The molecule has 4 heteroatoms. The third-order valence-corrected chi connectivity index (χ3v) is 0.461. The molecular weight excluding hydrogens is 98.0 g/mol. The Morgan fingerprint density at radius 2 is 2.29 bits per heavy atom. The molecule has 0 saturated heterocycles. The molecule has 4 nitrogen and oxygen atoms in total. The van der Waals surface area contributed by atoms with Crippen LogP contribution >= 0.6 is 0 Å². The van der Waals surface area contributed by atoms with Crippen LogP contribution in [-0.2, 0) is 14.4 Å². The van der Waals surface area contributed by atoms with E-state index in [1.54, 1.807) is 6.21 Å². The summed E-state index contributed by atoms with van der Waals surface area (Å²) >= 11 is 0. The van der Waals surface area contributed by atoms with Crippen molar-refractivity contribution >= 4 is 18.0 Å². The predicted octanol–water partition coefficient (Wildman–Crippen LogP) is -1.02. The molecule has 0 N–H and O–H groups in total. The molecule has 0 spiro atoms. The quantitative estimate of drug-likeness (QED) is 0.221. The van der Waals surface area contributed by atoms with Gasteiger partial charge in [-0.25, -0.2) is 5.16 Å². The van der Waals surface area contributed by atoms with Gasteiger partial charge in [-0.05, 0) is 6.21 Å². The fourth-order valence-corrected chi connectivity index (χ4v) is 0.193. The molecule has 1 rings (SSSR count). The highest BCUT2D eigenvalue weighted by molar-refractivity contribution is 6.58. The van der Waals surface area contributed by atoms with E-state index in [2.05, 4.69) is 9.99 Å². The molecule has 0 aromatic carbocycles. The minimum absolute atomic E-state index is 0.819. The molecule has 0 bridgehead atoms. The van der Waals surface area contributed by atoms with Crippen LogP contribution in [0.2, 0.25) is 0 Å².